The van der Waals surface area contributed by atoms with Gasteiger partial charge in [0.05, 0.1) is 13.2 Å². The van der Waals surface area contributed by atoms with E-state index < -0.39 is 5.41 Å². The first kappa shape index (κ1) is 12.4. The van der Waals surface area contributed by atoms with Gasteiger partial charge < -0.3 is 9.84 Å². The van der Waals surface area contributed by atoms with Gasteiger partial charge in [0.25, 0.3) is 0 Å². The van der Waals surface area contributed by atoms with E-state index >= 15 is 0 Å². The molecule has 0 radical (unpaired) electrons. The molecule has 1 aliphatic rings. The van der Waals surface area contributed by atoms with E-state index in [1.807, 2.05) is 19.9 Å². The maximum absolute atomic E-state index is 13.8. The Hall–Kier alpha value is -1.09. The van der Waals surface area contributed by atoms with E-state index in [2.05, 4.69) is 0 Å². The number of aliphatic hydroxyl groups is 1. The predicted octanol–water partition coefficient (Wildman–Crippen LogP) is 2.88. The Balaban J connectivity index is 2.26. The summed E-state index contributed by atoms with van der Waals surface area (Å²) in [4.78, 5) is 0. The third-order valence-electron chi connectivity index (χ3n) is 3.25. The van der Waals surface area contributed by atoms with Crippen molar-refractivity contribution in [3.8, 4) is 5.75 Å². The molecule has 0 saturated heterocycles. The van der Waals surface area contributed by atoms with Crippen LogP contribution in [0.15, 0.2) is 18.2 Å². The van der Waals surface area contributed by atoms with Crippen molar-refractivity contribution in [3.63, 3.8) is 0 Å². The van der Waals surface area contributed by atoms with Crippen LogP contribution in [0.2, 0.25) is 0 Å². The fourth-order valence-electron chi connectivity index (χ4n) is 1.76. The van der Waals surface area contributed by atoms with Crippen LogP contribution in [0.4, 0.5) is 4.39 Å². The van der Waals surface area contributed by atoms with Gasteiger partial charge >= 0.3 is 0 Å². The van der Waals surface area contributed by atoms with Crippen LogP contribution < -0.4 is 4.74 Å². The number of halogens is 1. The molecule has 0 unspecified atom stereocenters. The number of rotatable bonds is 5. The van der Waals surface area contributed by atoms with Gasteiger partial charge in [0, 0.05) is 11.0 Å². The maximum Gasteiger partial charge on any atom is 0.165 e. The van der Waals surface area contributed by atoms with E-state index in [1.165, 1.54) is 18.9 Å². The van der Waals surface area contributed by atoms with Crippen molar-refractivity contribution in [2.45, 2.75) is 32.1 Å². The molecule has 17 heavy (non-hydrogen) atoms. The highest BCUT2D eigenvalue weighted by Crippen LogP contribution is 2.35. The number of hydrogen-bond donors (Lipinski definition) is 1. The lowest BCUT2D eigenvalue weighted by molar-refractivity contribution is 0.208. The van der Waals surface area contributed by atoms with Crippen LogP contribution in [0.1, 0.15) is 32.3 Å². The number of para-hydroxylation sites is 1. The average Bonchev–Trinajstić information content (AvgIpc) is 3.11. The lowest BCUT2D eigenvalue weighted by atomic mass is 9.85. The van der Waals surface area contributed by atoms with E-state index in [0.29, 0.717) is 18.3 Å². The van der Waals surface area contributed by atoms with Crippen LogP contribution in [0.5, 0.6) is 5.75 Å². The van der Waals surface area contributed by atoms with Crippen molar-refractivity contribution >= 4 is 0 Å². The molecule has 0 amide bonds. The van der Waals surface area contributed by atoms with Crippen molar-refractivity contribution in [3.05, 3.63) is 29.6 Å². The van der Waals surface area contributed by atoms with Crippen LogP contribution in [0.25, 0.3) is 0 Å². The van der Waals surface area contributed by atoms with Crippen LogP contribution in [-0.2, 0) is 5.41 Å². The molecule has 0 heterocycles. The summed E-state index contributed by atoms with van der Waals surface area (Å²) in [7, 11) is 0. The van der Waals surface area contributed by atoms with Gasteiger partial charge in [-0.3, -0.25) is 0 Å². The summed E-state index contributed by atoms with van der Waals surface area (Å²) in [5.41, 5.74) is 0.252. The van der Waals surface area contributed by atoms with Gasteiger partial charge in [-0.2, -0.15) is 0 Å². The third-order valence-corrected chi connectivity index (χ3v) is 3.25. The molecule has 94 valence electrons. The van der Waals surface area contributed by atoms with Crippen LogP contribution in [-0.4, -0.2) is 18.3 Å². The third kappa shape index (κ3) is 2.78. The second-order valence-corrected chi connectivity index (χ2v) is 5.41. The normalized spacial score (nSPS) is 16.0. The Bertz CT molecular complexity index is 397. The van der Waals surface area contributed by atoms with Crippen molar-refractivity contribution < 1.29 is 14.2 Å². The fourth-order valence-corrected chi connectivity index (χ4v) is 1.76. The number of ether oxygens (including phenoxy) is 1. The molecule has 1 aliphatic carbocycles. The molecular formula is C14H19FO2. The Morgan fingerprint density at radius 3 is 2.71 bits per heavy atom. The van der Waals surface area contributed by atoms with E-state index in [9.17, 15) is 9.50 Å². The number of benzene rings is 1. The Morgan fingerprint density at radius 1 is 1.41 bits per heavy atom. The SMILES string of the molecule is CC(C)(CO)c1cccc(F)c1OCC1CC1. The van der Waals surface area contributed by atoms with E-state index in [-0.39, 0.29) is 12.4 Å². The topological polar surface area (TPSA) is 29.5 Å². The largest absolute Gasteiger partial charge is 0.490 e. The second kappa shape index (κ2) is 4.65. The average molecular weight is 238 g/mol. The summed E-state index contributed by atoms with van der Waals surface area (Å²) in [6.45, 7) is 4.31. The summed E-state index contributed by atoms with van der Waals surface area (Å²) in [6, 6.07) is 4.88. The van der Waals surface area contributed by atoms with E-state index in [1.54, 1.807) is 6.07 Å². The van der Waals surface area contributed by atoms with Gasteiger partial charge in [0.15, 0.2) is 11.6 Å². The molecule has 0 aromatic heterocycles. The van der Waals surface area contributed by atoms with Crippen LogP contribution in [0.3, 0.4) is 0 Å². The van der Waals surface area contributed by atoms with Gasteiger partial charge in [0.2, 0.25) is 0 Å². The molecule has 3 heteroatoms. The van der Waals surface area contributed by atoms with Crippen molar-refractivity contribution in [2.75, 3.05) is 13.2 Å². The summed E-state index contributed by atoms with van der Waals surface area (Å²) >= 11 is 0. The Labute approximate surface area is 101 Å². The molecule has 2 rings (SSSR count). The standard InChI is InChI=1S/C14H19FO2/c1-14(2,9-16)11-4-3-5-12(15)13(11)17-8-10-6-7-10/h3-5,10,16H,6-9H2,1-2H3. The molecule has 1 fully saturated rings. The number of hydrogen-bond acceptors (Lipinski definition) is 2. The minimum atomic E-state index is -0.485. The first-order valence-electron chi connectivity index (χ1n) is 6.07. The van der Waals surface area contributed by atoms with Crippen molar-refractivity contribution in [2.24, 2.45) is 5.92 Å². The van der Waals surface area contributed by atoms with Gasteiger partial charge in [-0.1, -0.05) is 26.0 Å². The van der Waals surface area contributed by atoms with Gasteiger partial charge in [-0.25, -0.2) is 4.39 Å². The highest BCUT2D eigenvalue weighted by Gasteiger charge is 2.28. The Kier molecular flexibility index (Phi) is 3.38. The molecule has 1 aromatic rings. The predicted molar refractivity (Wildman–Crippen MR) is 64.7 cm³/mol. The first-order chi connectivity index (χ1) is 8.04. The lowest BCUT2D eigenvalue weighted by Crippen LogP contribution is -2.23. The quantitative estimate of drug-likeness (QED) is 0.854. The molecule has 0 atom stereocenters. The smallest absolute Gasteiger partial charge is 0.165 e. The molecule has 0 aliphatic heterocycles. The second-order valence-electron chi connectivity index (χ2n) is 5.41. The zero-order valence-corrected chi connectivity index (χ0v) is 10.4. The van der Waals surface area contributed by atoms with Crippen LogP contribution >= 0.6 is 0 Å². The van der Waals surface area contributed by atoms with Gasteiger partial charge in [0.1, 0.15) is 0 Å². The molecule has 2 nitrogen and oxygen atoms in total. The van der Waals surface area contributed by atoms with E-state index in [4.69, 9.17) is 4.74 Å². The molecule has 1 N–H and O–H groups in total. The van der Waals surface area contributed by atoms with Crippen molar-refractivity contribution in [1.29, 1.82) is 0 Å². The van der Waals surface area contributed by atoms with Crippen LogP contribution in [0, 0.1) is 11.7 Å². The van der Waals surface area contributed by atoms with Crippen molar-refractivity contribution in [1.82, 2.24) is 0 Å². The zero-order valence-electron chi connectivity index (χ0n) is 10.4. The van der Waals surface area contributed by atoms with Gasteiger partial charge in [-0.05, 0) is 24.8 Å². The first-order valence-corrected chi connectivity index (χ1v) is 6.07. The molecular weight excluding hydrogens is 219 g/mol. The highest BCUT2D eigenvalue weighted by atomic mass is 19.1. The van der Waals surface area contributed by atoms with E-state index in [0.717, 1.165) is 5.56 Å². The zero-order chi connectivity index (χ0) is 12.5. The summed E-state index contributed by atoms with van der Waals surface area (Å²) in [5.74, 6) is 0.544. The molecule has 1 aromatic carbocycles. The minimum Gasteiger partial charge on any atom is -0.490 e. The molecule has 0 bridgehead atoms. The monoisotopic (exact) mass is 238 g/mol. The highest BCUT2D eigenvalue weighted by molar-refractivity contribution is 5.40. The molecule has 0 spiro atoms. The fraction of sp³-hybridized carbons (Fsp3) is 0.571. The lowest BCUT2D eigenvalue weighted by Gasteiger charge is -2.25. The minimum absolute atomic E-state index is 0.0315. The maximum atomic E-state index is 13.8. The molecule has 1 saturated carbocycles. The Morgan fingerprint density at radius 2 is 2.12 bits per heavy atom. The van der Waals surface area contributed by atoms with Gasteiger partial charge in [-0.15, -0.1) is 0 Å². The number of aliphatic hydroxyl groups excluding tert-OH is 1. The summed E-state index contributed by atoms with van der Waals surface area (Å²) < 4.78 is 19.4. The summed E-state index contributed by atoms with van der Waals surface area (Å²) in [5, 5.41) is 9.37. The summed E-state index contributed by atoms with van der Waals surface area (Å²) in [6.07, 6.45) is 2.35.